The molecule has 0 aliphatic heterocycles. The number of aryl methyl sites for hydroxylation is 1. The monoisotopic (exact) mass is 311 g/mol. The number of anilines is 2. The van der Waals surface area contributed by atoms with Crippen LogP contribution < -0.4 is 11.1 Å². The number of halogens is 1. The van der Waals surface area contributed by atoms with Crippen LogP contribution in [0.25, 0.3) is 0 Å². The third-order valence-corrected chi connectivity index (χ3v) is 3.93. The molecule has 0 atom stereocenters. The molecule has 6 nitrogen and oxygen atoms in total. The average Bonchev–Trinajstić information content (AvgIpc) is 2.71. The van der Waals surface area contributed by atoms with Gasteiger partial charge in [-0.25, -0.2) is 0 Å². The van der Waals surface area contributed by atoms with E-state index in [1.54, 1.807) is 23.7 Å². The fraction of sp³-hybridized carbons (Fsp3) is 0.250. The van der Waals surface area contributed by atoms with Gasteiger partial charge in [0.1, 0.15) is 0 Å². The number of nitrogens with one attached hydrogen (secondary N) is 1. The number of rotatable bonds is 4. The number of carbonyl (C=O) groups excluding carboxylic acids is 1. The molecular formula is C12H14ClN5OS. The van der Waals surface area contributed by atoms with Gasteiger partial charge in [-0.3, -0.25) is 9.36 Å². The van der Waals surface area contributed by atoms with E-state index in [0.29, 0.717) is 21.8 Å². The second-order valence-electron chi connectivity index (χ2n) is 4.22. The molecule has 0 bridgehead atoms. The van der Waals surface area contributed by atoms with Gasteiger partial charge in [0.2, 0.25) is 11.9 Å². The normalized spacial score (nSPS) is 10.6. The van der Waals surface area contributed by atoms with Gasteiger partial charge in [-0.15, -0.1) is 10.2 Å². The quantitative estimate of drug-likeness (QED) is 0.844. The standard InChI is InChI=1S/C12H14ClN5OS/c1-7-3-4-9(8(13)5-7)15-10(19)6-20-12-17-16-11(14)18(12)2/h3-5H,6H2,1-2H3,(H2,14,16)(H,15,19). The van der Waals surface area contributed by atoms with Crippen molar-refractivity contribution in [3.63, 3.8) is 0 Å². The van der Waals surface area contributed by atoms with Gasteiger partial charge in [0.05, 0.1) is 16.5 Å². The molecule has 0 spiro atoms. The largest absolute Gasteiger partial charge is 0.368 e. The lowest BCUT2D eigenvalue weighted by Gasteiger charge is -2.07. The van der Waals surface area contributed by atoms with E-state index >= 15 is 0 Å². The van der Waals surface area contributed by atoms with Crippen LogP contribution in [0.1, 0.15) is 5.56 Å². The minimum atomic E-state index is -0.165. The number of nitrogens with zero attached hydrogens (tertiary/aromatic N) is 3. The van der Waals surface area contributed by atoms with Crippen LogP contribution >= 0.6 is 23.4 Å². The van der Waals surface area contributed by atoms with E-state index in [0.717, 1.165) is 5.56 Å². The summed E-state index contributed by atoms with van der Waals surface area (Å²) >= 11 is 7.31. The second kappa shape index (κ2) is 6.15. The van der Waals surface area contributed by atoms with Crippen LogP contribution in [0.3, 0.4) is 0 Å². The van der Waals surface area contributed by atoms with Crippen LogP contribution in [-0.2, 0) is 11.8 Å². The smallest absolute Gasteiger partial charge is 0.234 e. The molecule has 2 aromatic rings. The van der Waals surface area contributed by atoms with Crippen LogP contribution in [0, 0.1) is 6.92 Å². The van der Waals surface area contributed by atoms with E-state index in [2.05, 4.69) is 15.5 Å². The van der Waals surface area contributed by atoms with E-state index in [9.17, 15) is 4.79 Å². The van der Waals surface area contributed by atoms with Gasteiger partial charge in [-0.05, 0) is 24.6 Å². The Morgan fingerprint density at radius 1 is 1.50 bits per heavy atom. The lowest BCUT2D eigenvalue weighted by Crippen LogP contribution is -2.14. The molecule has 3 N–H and O–H groups in total. The summed E-state index contributed by atoms with van der Waals surface area (Å²) in [5.74, 6) is 0.354. The van der Waals surface area contributed by atoms with Gasteiger partial charge < -0.3 is 11.1 Å². The summed E-state index contributed by atoms with van der Waals surface area (Å²) in [5.41, 5.74) is 7.20. The minimum Gasteiger partial charge on any atom is -0.368 e. The Morgan fingerprint density at radius 2 is 2.25 bits per heavy atom. The molecule has 1 aromatic carbocycles. The molecule has 0 saturated carbocycles. The number of nitrogens with two attached hydrogens (primary N) is 1. The van der Waals surface area contributed by atoms with Gasteiger partial charge >= 0.3 is 0 Å². The first-order valence-corrected chi connectivity index (χ1v) is 7.17. The second-order valence-corrected chi connectivity index (χ2v) is 5.57. The predicted octanol–water partition coefficient (Wildman–Crippen LogP) is 2.09. The molecule has 0 aliphatic carbocycles. The number of nitrogen functional groups attached to an aromatic ring is 1. The SMILES string of the molecule is Cc1ccc(NC(=O)CSc2nnc(N)n2C)c(Cl)c1. The van der Waals surface area contributed by atoms with Crippen molar-refractivity contribution in [2.45, 2.75) is 12.1 Å². The van der Waals surface area contributed by atoms with Crippen molar-refractivity contribution in [2.24, 2.45) is 7.05 Å². The zero-order chi connectivity index (χ0) is 14.7. The first kappa shape index (κ1) is 14.7. The van der Waals surface area contributed by atoms with Gasteiger partial charge in [0.25, 0.3) is 0 Å². The summed E-state index contributed by atoms with van der Waals surface area (Å²) in [7, 11) is 1.74. The lowest BCUT2D eigenvalue weighted by atomic mass is 10.2. The zero-order valence-electron chi connectivity index (χ0n) is 11.1. The summed E-state index contributed by atoms with van der Waals surface area (Å²) < 4.78 is 1.62. The van der Waals surface area contributed by atoms with Crippen molar-refractivity contribution in [1.82, 2.24) is 14.8 Å². The number of hydrogen-bond donors (Lipinski definition) is 2. The fourth-order valence-corrected chi connectivity index (χ4v) is 2.49. The van der Waals surface area contributed by atoms with Crippen molar-refractivity contribution in [3.8, 4) is 0 Å². The molecule has 0 unspecified atom stereocenters. The van der Waals surface area contributed by atoms with E-state index < -0.39 is 0 Å². The number of aromatic nitrogens is 3. The van der Waals surface area contributed by atoms with E-state index in [1.807, 2.05) is 13.0 Å². The van der Waals surface area contributed by atoms with Crippen LogP contribution in [-0.4, -0.2) is 26.4 Å². The maximum absolute atomic E-state index is 11.9. The number of thioether (sulfide) groups is 1. The van der Waals surface area contributed by atoms with Gasteiger partial charge in [0, 0.05) is 7.05 Å². The highest BCUT2D eigenvalue weighted by atomic mass is 35.5. The molecule has 2 rings (SSSR count). The predicted molar refractivity (Wildman–Crippen MR) is 81.0 cm³/mol. The molecule has 1 amide bonds. The van der Waals surface area contributed by atoms with Crippen LogP contribution in [0.5, 0.6) is 0 Å². The highest BCUT2D eigenvalue weighted by Gasteiger charge is 2.10. The van der Waals surface area contributed by atoms with Crippen LogP contribution in [0.15, 0.2) is 23.4 Å². The molecule has 0 fully saturated rings. The highest BCUT2D eigenvalue weighted by molar-refractivity contribution is 7.99. The first-order chi connectivity index (χ1) is 9.47. The molecule has 20 heavy (non-hydrogen) atoms. The molecule has 1 aromatic heterocycles. The van der Waals surface area contributed by atoms with E-state index in [-0.39, 0.29) is 11.7 Å². The van der Waals surface area contributed by atoms with Crippen molar-refractivity contribution < 1.29 is 4.79 Å². The van der Waals surface area contributed by atoms with Crippen molar-refractivity contribution in [3.05, 3.63) is 28.8 Å². The summed E-state index contributed by atoms with van der Waals surface area (Å²) in [5, 5.41) is 11.5. The first-order valence-electron chi connectivity index (χ1n) is 5.81. The summed E-state index contributed by atoms with van der Waals surface area (Å²) in [6.45, 7) is 1.94. The van der Waals surface area contributed by atoms with Gasteiger partial charge in [0.15, 0.2) is 5.16 Å². The Balaban J connectivity index is 1.94. The van der Waals surface area contributed by atoms with Crippen LogP contribution in [0.2, 0.25) is 5.02 Å². The Bertz CT molecular complexity index is 643. The Labute approximate surface area is 125 Å². The molecule has 8 heteroatoms. The minimum absolute atomic E-state index is 0.165. The lowest BCUT2D eigenvalue weighted by molar-refractivity contribution is -0.113. The fourth-order valence-electron chi connectivity index (χ4n) is 1.49. The maximum Gasteiger partial charge on any atom is 0.234 e. The maximum atomic E-state index is 11.9. The Morgan fingerprint density at radius 3 is 2.85 bits per heavy atom. The number of benzene rings is 1. The molecule has 0 radical (unpaired) electrons. The molecular weight excluding hydrogens is 298 g/mol. The van der Waals surface area contributed by atoms with Gasteiger partial charge in [-0.1, -0.05) is 29.4 Å². The average molecular weight is 312 g/mol. The Kier molecular flexibility index (Phi) is 4.51. The molecule has 1 heterocycles. The topological polar surface area (TPSA) is 85.8 Å². The Hall–Kier alpha value is -1.73. The van der Waals surface area contributed by atoms with Crippen molar-refractivity contribution in [2.75, 3.05) is 16.8 Å². The molecule has 106 valence electrons. The zero-order valence-corrected chi connectivity index (χ0v) is 12.6. The third-order valence-electron chi connectivity index (χ3n) is 2.60. The summed E-state index contributed by atoms with van der Waals surface area (Å²) in [6.07, 6.45) is 0. The summed E-state index contributed by atoms with van der Waals surface area (Å²) in [6, 6.07) is 5.46. The van der Waals surface area contributed by atoms with Crippen molar-refractivity contribution >= 4 is 40.9 Å². The number of hydrogen-bond acceptors (Lipinski definition) is 5. The summed E-state index contributed by atoms with van der Waals surface area (Å²) in [4.78, 5) is 11.9. The molecule has 0 aliphatic rings. The van der Waals surface area contributed by atoms with E-state index in [1.165, 1.54) is 11.8 Å². The van der Waals surface area contributed by atoms with Gasteiger partial charge in [-0.2, -0.15) is 0 Å². The van der Waals surface area contributed by atoms with E-state index in [4.69, 9.17) is 17.3 Å². The van der Waals surface area contributed by atoms with Crippen LogP contribution in [0.4, 0.5) is 11.6 Å². The molecule has 0 saturated heterocycles. The highest BCUT2D eigenvalue weighted by Crippen LogP contribution is 2.23. The number of amides is 1. The third kappa shape index (κ3) is 3.43. The number of carbonyl (C=O) groups is 1. The van der Waals surface area contributed by atoms with Crippen molar-refractivity contribution in [1.29, 1.82) is 0 Å².